The average Bonchev–Trinajstić information content (AvgIpc) is 3.28. The zero-order chi connectivity index (χ0) is 18.5. The fraction of sp³-hybridized carbons (Fsp3) is 0.550. The van der Waals surface area contributed by atoms with Gasteiger partial charge in [0.05, 0.1) is 18.9 Å². The Morgan fingerprint density at radius 2 is 2.04 bits per heavy atom. The van der Waals surface area contributed by atoms with E-state index in [1.807, 2.05) is 0 Å². The number of carbonyl (C=O) groups is 2. The Labute approximate surface area is 153 Å². The Hall–Kier alpha value is -2.37. The minimum Gasteiger partial charge on any atom is -0.465 e. The van der Waals surface area contributed by atoms with E-state index in [1.165, 1.54) is 39.0 Å². The van der Waals surface area contributed by atoms with Crippen LogP contribution >= 0.6 is 0 Å². The topological polar surface area (TPSA) is 77.0 Å². The van der Waals surface area contributed by atoms with Crippen molar-refractivity contribution >= 4 is 18.1 Å². The predicted molar refractivity (Wildman–Crippen MR) is 97.9 cm³/mol. The second-order valence-electron chi connectivity index (χ2n) is 7.32. The molecule has 3 rings (SSSR count). The summed E-state index contributed by atoms with van der Waals surface area (Å²) in [6.07, 6.45) is 6.76. The fourth-order valence-electron chi connectivity index (χ4n) is 4.33. The molecule has 2 fully saturated rings. The molecule has 6 nitrogen and oxygen atoms in total. The van der Waals surface area contributed by atoms with Gasteiger partial charge in [-0.05, 0) is 61.6 Å². The third kappa shape index (κ3) is 4.42. The van der Waals surface area contributed by atoms with Crippen molar-refractivity contribution in [3.05, 3.63) is 35.4 Å². The van der Waals surface area contributed by atoms with E-state index in [0.29, 0.717) is 11.5 Å². The number of carbonyl (C=O) groups excluding carboxylic acids is 2. The fourth-order valence-corrected chi connectivity index (χ4v) is 4.33. The Bertz CT molecular complexity index is 671. The first-order valence-electron chi connectivity index (χ1n) is 9.20. The highest BCUT2D eigenvalue weighted by Crippen LogP contribution is 2.49. The largest absolute Gasteiger partial charge is 0.465 e. The molecule has 0 aliphatic heterocycles. The van der Waals surface area contributed by atoms with Crippen molar-refractivity contribution in [2.75, 3.05) is 13.7 Å². The summed E-state index contributed by atoms with van der Waals surface area (Å²) in [6, 6.07) is 6.96. The first-order chi connectivity index (χ1) is 12.6. The van der Waals surface area contributed by atoms with Crippen LogP contribution in [0.5, 0.6) is 0 Å². The third-order valence-electron chi connectivity index (χ3n) is 5.63. The molecule has 1 aromatic rings. The zero-order valence-electron chi connectivity index (χ0n) is 15.3. The van der Waals surface area contributed by atoms with Gasteiger partial charge in [0.25, 0.3) is 5.91 Å². The van der Waals surface area contributed by atoms with E-state index in [2.05, 4.69) is 22.1 Å². The molecule has 0 spiro atoms. The van der Waals surface area contributed by atoms with Gasteiger partial charge in [-0.1, -0.05) is 23.7 Å². The van der Waals surface area contributed by atoms with Crippen LogP contribution in [0.3, 0.4) is 0 Å². The van der Waals surface area contributed by atoms with Crippen molar-refractivity contribution in [2.24, 2.45) is 22.9 Å². The first-order valence-corrected chi connectivity index (χ1v) is 9.20. The van der Waals surface area contributed by atoms with Gasteiger partial charge in [0.15, 0.2) is 6.61 Å². The maximum Gasteiger partial charge on any atom is 0.337 e. The summed E-state index contributed by atoms with van der Waals surface area (Å²) in [5.74, 6) is 1.73. The molecular weight excluding hydrogens is 332 g/mol. The van der Waals surface area contributed by atoms with Crippen LogP contribution in [-0.4, -0.2) is 37.8 Å². The van der Waals surface area contributed by atoms with Crippen molar-refractivity contribution in [1.29, 1.82) is 0 Å². The average molecular weight is 358 g/mol. The lowest BCUT2D eigenvalue weighted by Crippen LogP contribution is -2.41. The lowest BCUT2D eigenvalue weighted by molar-refractivity contribution is -0.126. The summed E-state index contributed by atoms with van der Waals surface area (Å²) in [6.45, 7) is 2.00. The molecule has 1 N–H and O–H groups in total. The summed E-state index contributed by atoms with van der Waals surface area (Å²) in [5, 5.41) is 6.86. The lowest BCUT2D eigenvalue weighted by atomic mass is 9.84. The number of methoxy groups -OCH3 is 1. The van der Waals surface area contributed by atoms with Gasteiger partial charge in [0, 0.05) is 6.04 Å². The molecule has 4 unspecified atom stereocenters. The van der Waals surface area contributed by atoms with Crippen LogP contribution in [0.15, 0.2) is 29.4 Å². The van der Waals surface area contributed by atoms with Gasteiger partial charge < -0.3 is 14.9 Å². The quantitative estimate of drug-likeness (QED) is 0.462. The van der Waals surface area contributed by atoms with Gasteiger partial charge in [-0.25, -0.2) is 4.79 Å². The summed E-state index contributed by atoms with van der Waals surface area (Å²) in [5.41, 5.74) is 1.24. The minimum atomic E-state index is -0.383. The van der Waals surface area contributed by atoms with Gasteiger partial charge in [-0.2, -0.15) is 0 Å². The maximum absolute atomic E-state index is 12.0. The number of esters is 1. The number of oxime groups is 1. The third-order valence-corrected chi connectivity index (χ3v) is 5.63. The first kappa shape index (κ1) is 18.4. The Morgan fingerprint density at radius 3 is 2.65 bits per heavy atom. The molecule has 2 saturated carbocycles. The molecule has 0 aromatic heterocycles. The van der Waals surface area contributed by atoms with Crippen LogP contribution in [0.4, 0.5) is 0 Å². The highest BCUT2D eigenvalue weighted by atomic mass is 16.6. The molecule has 2 bridgehead atoms. The van der Waals surface area contributed by atoms with Crippen molar-refractivity contribution in [2.45, 2.75) is 38.6 Å². The molecule has 2 aliphatic carbocycles. The SMILES string of the molecule is COC(=O)c1ccc(/C=N/OCC(=O)NC(C)C2CC3CCC2C3)cc1. The van der Waals surface area contributed by atoms with Crippen molar-refractivity contribution in [3.63, 3.8) is 0 Å². The number of ether oxygens (including phenoxy) is 1. The number of nitrogens with one attached hydrogen (secondary N) is 1. The second-order valence-corrected chi connectivity index (χ2v) is 7.32. The molecule has 0 saturated heterocycles. The monoisotopic (exact) mass is 358 g/mol. The molecular formula is C20H26N2O4. The Morgan fingerprint density at radius 1 is 1.27 bits per heavy atom. The van der Waals surface area contributed by atoms with E-state index in [0.717, 1.165) is 17.4 Å². The van der Waals surface area contributed by atoms with E-state index in [4.69, 9.17) is 4.84 Å². The second kappa shape index (κ2) is 8.34. The molecule has 4 atom stereocenters. The molecule has 0 heterocycles. The highest BCUT2D eigenvalue weighted by Gasteiger charge is 2.42. The summed E-state index contributed by atoms with van der Waals surface area (Å²) < 4.78 is 4.64. The number of nitrogens with zero attached hydrogens (tertiary/aromatic N) is 1. The van der Waals surface area contributed by atoms with Gasteiger partial charge in [-0.15, -0.1) is 0 Å². The van der Waals surface area contributed by atoms with Gasteiger partial charge in [-0.3, -0.25) is 4.79 Å². The maximum atomic E-state index is 12.0. The van der Waals surface area contributed by atoms with E-state index in [9.17, 15) is 9.59 Å². The van der Waals surface area contributed by atoms with Crippen molar-refractivity contribution < 1.29 is 19.2 Å². The van der Waals surface area contributed by atoms with Gasteiger partial charge in [0.1, 0.15) is 0 Å². The van der Waals surface area contributed by atoms with Crippen LogP contribution in [-0.2, 0) is 14.4 Å². The van der Waals surface area contributed by atoms with E-state index in [1.54, 1.807) is 24.3 Å². The van der Waals surface area contributed by atoms with Crippen LogP contribution in [0.2, 0.25) is 0 Å². The summed E-state index contributed by atoms with van der Waals surface area (Å²) in [7, 11) is 1.34. The van der Waals surface area contributed by atoms with Crippen molar-refractivity contribution in [3.8, 4) is 0 Å². The molecule has 140 valence electrons. The predicted octanol–water partition coefficient (Wildman–Crippen LogP) is 2.76. The minimum absolute atomic E-state index is 0.0953. The highest BCUT2D eigenvalue weighted by molar-refractivity contribution is 5.90. The van der Waals surface area contributed by atoms with Crippen LogP contribution in [0.1, 0.15) is 48.5 Å². The molecule has 1 amide bonds. The molecule has 1 aromatic carbocycles. The number of fused-ring (bicyclic) bond motifs is 2. The van der Waals surface area contributed by atoms with Crippen molar-refractivity contribution in [1.82, 2.24) is 5.32 Å². The Balaban J connectivity index is 1.39. The molecule has 0 radical (unpaired) electrons. The summed E-state index contributed by atoms with van der Waals surface area (Å²) >= 11 is 0. The van der Waals surface area contributed by atoms with Crippen LogP contribution in [0, 0.1) is 17.8 Å². The van der Waals surface area contributed by atoms with Crippen LogP contribution in [0.25, 0.3) is 0 Å². The normalized spacial score (nSPS) is 25.2. The number of benzene rings is 1. The van der Waals surface area contributed by atoms with E-state index < -0.39 is 0 Å². The number of hydrogen-bond donors (Lipinski definition) is 1. The lowest BCUT2D eigenvalue weighted by Gasteiger charge is -2.28. The van der Waals surface area contributed by atoms with E-state index >= 15 is 0 Å². The Kier molecular flexibility index (Phi) is 5.91. The van der Waals surface area contributed by atoms with Gasteiger partial charge in [0.2, 0.25) is 0 Å². The standard InChI is InChI=1S/C20H26N2O4/c1-13(18-10-15-5-8-17(18)9-15)22-19(23)12-26-21-11-14-3-6-16(7-4-14)20(24)25-2/h3-4,6-7,11,13,15,17-18H,5,8-10,12H2,1-2H3,(H,22,23)/b21-11+. The zero-order valence-corrected chi connectivity index (χ0v) is 15.3. The number of rotatable bonds is 7. The summed E-state index contributed by atoms with van der Waals surface area (Å²) in [4.78, 5) is 28.5. The van der Waals surface area contributed by atoms with Crippen LogP contribution < -0.4 is 5.32 Å². The molecule has 2 aliphatic rings. The molecule has 6 heteroatoms. The van der Waals surface area contributed by atoms with Gasteiger partial charge >= 0.3 is 5.97 Å². The smallest absolute Gasteiger partial charge is 0.337 e. The molecule has 26 heavy (non-hydrogen) atoms. The van der Waals surface area contributed by atoms with E-state index in [-0.39, 0.29) is 24.5 Å². The number of hydrogen-bond acceptors (Lipinski definition) is 5. The number of amides is 1.